The number of benzene rings is 5. The van der Waals surface area contributed by atoms with E-state index in [9.17, 15) is 0 Å². The van der Waals surface area contributed by atoms with Gasteiger partial charge in [-0.1, -0.05) is 134 Å². The highest BCUT2D eigenvalue weighted by atomic mass is 15.1. The Kier molecular flexibility index (Phi) is 5.93. The Morgan fingerprint density at radius 2 is 0.674 bits per heavy atom. The highest BCUT2D eigenvalue weighted by Crippen LogP contribution is 2.56. The Labute approximate surface area is 258 Å². The second kappa shape index (κ2) is 9.20. The van der Waals surface area contributed by atoms with Gasteiger partial charge in [-0.2, -0.15) is 0 Å². The molecular weight excluding hydrogens is 518 g/mol. The molecule has 0 aliphatic heterocycles. The van der Waals surface area contributed by atoms with Crippen molar-refractivity contribution in [2.45, 2.75) is 77.0 Å². The summed E-state index contributed by atoms with van der Waals surface area (Å²) >= 11 is 0. The number of rotatable bonds is 3. The maximum absolute atomic E-state index is 2.44. The van der Waals surface area contributed by atoms with Crippen LogP contribution in [0.15, 0.2) is 115 Å². The van der Waals surface area contributed by atoms with Gasteiger partial charge in [0.15, 0.2) is 0 Å². The molecule has 5 aromatic carbocycles. The SMILES string of the molecule is CC1(C)c2ccccc2-c2cc(N(c3ccccc3)c3ccc4c(c3)-c3ccccc3C(C)(C)C4(C)C)ccc2C1(C)C. The fraction of sp³-hybridized carbons (Fsp3) is 0.286. The first-order chi connectivity index (χ1) is 20.4. The van der Waals surface area contributed by atoms with Crippen LogP contribution in [0.4, 0.5) is 17.1 Å². The molecule has 5 aromatic rings. The number of anilines is 3. The summed E-state index contributed by atoms with van der Waals surface area (Å²) in [6.45, 7) is 19.2. The molecule has 0 amide bonds. The van der Waals surface area contributed by atoms with E-state index in [4.69, 9.17) is 0 Å². The Balaban J connectivity index is 1.46. The first kappa shape index (κ1) is 27.7. The van der Waals surface area contributed by atoms with Crippen LogP contribution in [-0.4, -0.2) is 0 Å². The smallest absolute Gasteiger partial charge is 0.0468 e. The molecule has 2 aliphatic rings. The minimum atomic E-state index is -0.0132. The molecule has 0 radical (unpaired) electrons. The van der Waals surface area contributed by atoms with Crippen molar-refractivity contribution in [1.82, 2.24) is 0 Å². The van der Waals surface area contributed by atoms with Crippen LogP contribution < -0.4 is 4.90 Å². The summed E-state index contributed by atoms with van der Waals surface area (Å²) in [5.74, 6) is 0. The van der Waals surface area contributed by atoms with Crippen molar-refractivity contribution in [2.75, 3.05) is 4.90 Å². The molecule has 0 N–H and O–H groups in total. The largest absolute Gasteiger partial charge is 0.310 e. The van der Waals surface area contributed by atoms with Crippen molar-refractivity contribution in [3.63, 3.8) is 0 Å². The quantitative estimate of drug-likeness (QED) is 0.212. The van der Waals surface area contributed by atoms with Crippen LogP contribution in [0, 0.1) is 0 Å². The number of nitrogens with zero attached hydrogens (tertiary/aromatic N) is 1. The monoisotopic (exact) mass is 561 g/mol. The van der Waals surface area contributed by atoms with Gasteiger partial charge in [-0.15, -0.1) is 0 Å². The molecule has 0 aromatic heterocycles. The molecule has 0 unspecified atom stereocenters. The van der Waals surface area contributed by atoms with E-state index < -0.39 is 0 Å². The Morgan fingerprint density at radius 3 is 1.09 bits per heavy atom. The molecule has 0 fully saturated rings. The van der Waals surface area contributed by atoms with Crippen molar-refractivity contribution >= 4 is 17.1 Å². The molecule has 0 saturated heterocycles. The van der Waals surface area contributed by atoms with Gasteiger partial charge in [-0.3, -0.25) is 0 Å². The lowest BCUT2D eigenvalue weighted by Gasteiger charge is -2.49. The van der Waals surface area contributed by atoms with Gasteiger partial charge in [0, 0.05) is 17.1 Å². The Hall–Kier alpha value is -4.10. The van der Waals surface area contributed by atoms with E-state index in [0.717, 1.165) is 5.69 Å². The van der Waals surface area contributed by atoms with Crippen LogP contribution in [-0.2, 0) is 21.7 Å². The number of hydrogen-bond acceptors (Lipinski definition) is 1. The molecule has 216 valence electrons. The standard InChI is InChI=1S/C42H43N/c1-39(2)35-20-14-12-18-31(35)33-26-29(22-24-37(33)41(39,5)6)43(28-16-10-9-11-17-28)30-23-25-38-34(27-30)32-19-13-15-21-36(32)40(3,4)42(38,7)8/h9-27H,1-8H3. The van der Waals surface area contributed by atoms with Crippen LogP contribution in [0.1, 0.15) is 77.6 Å². The average molecular weight is 562 g/mol. The summed E-state index contributed by atoms with van der Waals surface area (Å²) in [7, 11) is 0. The average Bonchev–Trinajstić information content (AvgIpc) is 3.00. The zero-order valence-corrected chi connectivity index (χ0v) is 26.9. The predicted molar refractivity (Wildman–Crippen MR) is 184 cm³/mol. The zero-order valence-electron chi connectivity index (χ0n) is 26.9. The van der Waals surface area contributed by atoms with Crippen molar-refractivity contribution in [2.24, 2.45) is 0 Å². The summed E-state index contributed by atoms with van der Waals surface area (Å²) in [5.41, 5.74) is 14.6. The van der Waals surface area contributed by atoms with E-state index in [-0.39, 0.29) is 21.7 Å². The molecule has 0 heterocycles. The summed E-state index contributed by atoms with van der Waals surface area (Å²) in [6.07, 6.45) is 0. The number of fused-ring (bicyclic) bond motifs is 6. The van der Waals surface area contributed by atoms with Crippen molar-refractivity contribution in [1.29, 1.82) is 0 Å². The van der Waals surface area contributed by atoms with Crippen molar-refractivity contribution in [3.05, 3.63) is 138 Å². The molecule has 7 rings (SSSR count). The molecule has 0 atom stereocenters. The third-order valence-electron chi connectivity index (χ3n) is 11.8. The molecule has 1 heteroatoms. The second-order valence-corrected chi connectivity index (χ2v) is 14.7. The van der Waals surface area contributed by atoms with Crippen LogP contribution in [0.5, 0.6) is 0 Å². The molecule has 0 bridgehead atoms. The fourth-order valence-corrected chi connectivity index (χ4v) is 7.78. The van der Waals surface area contributed by atoms with E-state index in [1.807, 2.05) is 0 Å². The van der Waals surface area contributed by atoms with E-state index in [2.05, 4.69) is 176 Å². The maximum atomic E-state index is 2.44. The van der Waals surface area contributed by atoms with E-state index in [1.54, 1.807) is 0 Å². The van der Waals surface area contributed by atoms with Crippen LogP contribution in [0.25, 0.3) is 22.3 Å². The van der Waals surface area contributed by atoms with Gasteiger partial charge >= 0.3 is 0 Å². The van der Waals surface area contributed by atoms with E-state index in [0.29, 0.717) is 0 Å². The third-order valence-corrected chi connectivity index (χ3v) is 11.8. The third kappa shape index (κ3) is 3.77. The lowest BCUT2D eigenvalue weighted by molar-refractivity contribution is 0.299. The molecule has 2 aliphatic carbocycles. The van der Waals surface area contributed by atoms with Crippen molar-refractivity contribution in [3.8, 4) is 22.3 Å². The first-order valence-corrected chi connectivity index (χ1v) is 15.7. The highest BCUT2D eigenvalue weighted by molar-refractivity contribution is 5.87. The molecular formula is C42H43N. The summed E-state index contributed by atoms with van der Waals surface area (Å²) in [4.78, 5) is 2.44. The lowest BCUT2D eigenvalue weighted by atomic mass is 9.55. The van der Waals surface area contributed by atoms with Gasteiger partial charge in [0.1, 0.15) is 0 Å². The van der Waals surface area contributed by atoms with Crippen LogP contribution >= 0.6 is 0 Å². The topological polar surface area (TPSA) is 3.24 Å². The minimum absolute atomic E-state index is 0.0132. The molecule has 0 saturated carbocycles. The van der Waals surface area contributed by atoms with Gasteiger partial charge in [0.25, 0.3) is 0 Å². The summed E-state index contributed by atoms with van der Waals surface area (Å²) in [6, 6.07) is 43.1. The highest BCUT2D eigenvalue weighted by Gasteiger charge is 2.47. The zero-order chi connectivity index (χ0) is 30.4. The Bertz CT molecular complexity index is 1750. The molecule has 1 nitrogen and oxygen atoms in total. The first-order valence-electron chi connectivity index (χ1n) is 15.7. The van der Waals surface area contributed by atoms with Gasteiger partial charge < -0.3 is 4.90 Å². The minimum Gasteiger partial charge on any atom is -0.310 e. The predicted octanol–water partition coefficient (Wildman–Crippen LogP) is 11.6. The van der Waals surface area contributed by atoms with Crippen LogP contribution in [0.3, 0.4) is 0 Å². The van der Waals surface area contributed by atoms with E-state index in [1.165, 1.54) is 55.9 Å². The molecule has 43 heavy (non-hydrogen) atoms. The normalized spacial score (nSPS) is 18.0. The van der Waals surface area contributed by atoms with Crippen LogP contribution in [0.2, 0.25) is 0 Å². The Morgan fingerprint density at radius 1 is 0.326 bits per heavy atom. The summed E-state index contributed by atoms with van der Waals surface area (Å²) in [5, 5.41) is 0. The molecule has 0 spiro atoms. The van der Waals surface area contributed by atoms with Crippen molar-refractivity contribution < 1.29 is 0 Å². The van der Waals surface area contributed by atoms with Gasteiger partial charge in [0.05, 0.1) is 0 Å². The number of para-hydroxylation sites is 1. The second-order valence-electron chi connectivity index (χ2n) is 14.7. The van der Waals surface area contributed by atoms with Gasteiger partial charge in [0.2, 0.25) is 0 Å². The summed E-state index contributed by atoms with van der Waals surface area (Å²) < 4.78 is 0. The van der Waals surface area contributed by atoms with Gasteiger partial charge in [-0.05, 0) is 103 Å². The fourth-order valence-electron chi connectivity index (χ4n) is 7.78. The van der Waals surface area contributed by atoms with E-state index >= 15 is 0 Å². The number of hydrogen-bond donors (Lipinski definition) is 0. The maximum Gasteiger partial charge on any atom is 0.0468 e. The lowest BCUT2D eigenvalue weighted by Crippen LogP contribution is -2.43. The van der Waals surface area contributed by atoms with Gasteiger partial charge in [-0.25, -0.2) is 0 Å².